The van der Waals surface area contributed by atoms with Crippen LogP contribution in [0.2, 0.25) is 0 Å². The molecule has 0 fully saturated rings. The molecular formula is C16H45NO6P2S2. The molecule has 0 aliphatic rings. The Kier molecular flexibility index (Phi) is 41.8. The first-order valence-corrected chi connectivity index (χ1v) is 14.7. The zero-order valence-corrected chi connectivity index (χ0v) is 21.0. The van der Waals surface area contributed by atoms with Crippen LogP contribution in [0.25, 0.3) is 0 Å². The Labute approximate surface area is 177 Å². The second-order valence-electron chi connectivity index (χ2n) is 5.85. The maximum absolute atomic E-state index is 7.56. The lowest BCUT2D eigenvalue weighted by Gasteiger charge is -1.93. The molecule has 0 radical (unpaired) electrons. The lowest BCUT2D eigenvalue weighted by molar-refractivity contribution is 0.361. The molecule has 0 aromatic carbocycles. The molecule has 11 heteroatoms. The van der Waals surface area contributed by atoms with Crippen molar-refractivity contribution in [1.82, 2.24) is 6.15 Å². The van der Waals surface area contributed by atoms with Crippen LogP contribution < -0.4 is 6.15 Å². The number of rotatable bonds is 10. The van der Waals surface area contributed by atoms with E-state index in [2.05, 4.69) is 51.3 Å². The zero-order valence-electron chi connectivity index (χ0n) is 17.6. The van der Waals surface area contributed by atoms with Crippen molar-refractivity contribution in [3.63, 3.8) is 0 Å². The Balaban J connectivity index is -0.0000000807. The minimum atomic E-state index is -3.81. The predicted octanol–water partition coefficient (Wildman–Crippen LogP) is 5.27. The zero-order chi connectivity index (χ0) is 21.5. The highest BCUT2D eigenvalue weighted by Gasteiger charge is 1.92. The largest absolute Gasteiger partial charge is 0.344 e. The third-order valence-corrected chi connectivity index (χ3v) is 2.91. The van der Waals surface area contributed by atoms with Gasteiger partial charge in [-0.1, -0.05) is 105 Å². The first kappa shape index (κ1) is 38.6. The van der Waals surface area contributed by atoms with Crippen LogP contribution in [0.1, 0.15) is 105 Å². The van der Waals surface area contributed by atoms with Gasteiger partial charge in [0.25, 0.3) is 0 Å². The molecule has 9 N–H and O–H groups in total. The Morgan fingerprint density at radius 1 is 0.444 bits per heavy atom. The normalized spacial score (nSPS) is 10.1. The highest BCUT2D eigenvalue weighted by Crippen LogP contribution is 2.26. The van der Waals surface area contributed by atoms with Crippen molar-refractivity contribution in [3.05, 3.63) is 0 Å². The van der Waals surface area contributed by atoms with Gasteiger partial charge in [0.15, 0.2) is 0 Å². The first-order chi connectivity index (χ1) is 11.8. The number of unbranched alkanes of at least 4 members (excludes halogenated alkanes) is 10. The molecule has 0 unspecified atom stereocenters. The van der Waals surface area contributed by atoms with Gasteiger partial charge in [-0.3, -0.25) is 0 Å². The topological polar surface area (TPSA) is 156 Å². The maximum atomic E-state index is 7.56. The summed E-state index contributed by atoms with van der Waals surface area (Å²) >= 11 is 7.21. The molecule has 0 aromatic heterocycles. The fourth-order valence-electron chi connectivity index (χ4n) is 1.71. The Bertz CT molecular complexity index is 280. The van der Waals surface area contributed by atoms with E-state index < -0.39 is 13.4 Å². The molecule has 0 aliphatic carbocycles. The van der Waals surface area contributed by atoms with Crippen LogP contribution in [0.15, 0.2) is 0 Å². The molecule has 0 bridgehead atoms. The summed E-state index contributed by atoms with van der Waals surface area (Å²) in [6, 6.07) is 0. The fraction of sp³-hybridized carbons (Fsp3) is 1.00. The van der Waals surface area contributed by atoms with Gasteiger partial charge < -0.3 is 35.5 Å². The second kappa shape index (κ2) is 29.2. The predicted molar refractivity (Wildman–Crippen MR) is 125 cm³/mol. The summed E-state index contributed by atoms with van der Waals surface area (Å²) < 4.78 is 0. The van der Waals surface area contributed by atoms with Crippen molar-refractivity contribution < 1.29 is 29.4 Å². The van der Waals surface area contributed by atoms with E-state index in [-0.39, 0.29) is 6.15 Å². The summed E-state index contributed by atoms with van der Waals surface area (Å²) in [6.07, 6.45) is 17.0. The number of hydrogen-bond donors (Lipinski definition) is 7. The van der Waals surface area contributed by atoms with E-state index in [4.69, 9.17) is 29.4 Å². The third kappa shape index (κ3) is 139. The molecule has 0 rings (SSSR count). The van der Waals surface area contributed by atoms with Crippen LogP contribution >= 0.6 is 13.4 Å². The van der Waals surface area contributed by atoms with Crippen molar-refractivity contribution >= 4 is 37.1 Å². The van der Waals surface area contributed by atoms with E-state index in [1.165, 1.54) is 77.0 Å². The standard InChI is InChI=1S/2C8H18.H3N.2H3O3PS/c2*1-3-5-7-8-6-4-2;;2*1-4(2,3)5/h2*3-8H2,1-2H3;1H3;2*(H3,1,2,3,5). The molecule has 27 heavy (non-hydrogen) atoms. The minimum Gasteiger partial charge on any atom is -0.344 e. The second-order valence-corrected chi connectivity index (χ2v) is 10.8. The van der Waals surface area contributed by atoms with E-state index in [1.54, 1.807) is 0 Å². The van der Waals surface area contributed by atoms with E-state index >= 15 is 0 Å². The van der Waals surface area contributed by atoms with Gasteiger partial charge >= 0.3 is 13.4 Å². The molecule has 0 amide bonds. The average Bonchev–Trinajstić information content (AvgIpc) is 2.46. The van der Waals surface area contributed by atoms with Crippen LogP contribution in [0.3, 0.4) is 0 Å². The SMILES string of the molecule is CCCCCCCC.CCCCCCCC.N.OP(O)(O)=S.OP(O)(O)=S. The van der Waals surface area contributed by atoms with Crippen LogP contribution in [-0.2, 0) is 23.6 Å². The molecule has 0 saturated heterocycles. The van der Waals surface area contributed by atoms with Gasteiger partial charge in [-0.15, -0.1) is 0 Å². The van der Waals surface area contributed by atoms with E-state index in [9.17, 15) is 0 Å². The highest BCUT2D eigenvalue weighted by atomic mass is 32.5. The van der Waals surface area contributed by atoms with Crippen molar-refractivity contribution in [2.24, 2.45) is 0 Å². The van der Waals surface area contributed by atoms with Crippen molar-refractivity contribution in [3.8, 4) is 0 Å². The number of hydrogen-bond acceptors (Lipinski definition) is 3. The minimum absolute atomic E-state index is 0. The summed E-state index contributed by atoms with van der Waals surface area (Å²) in [5.41, 5.74) is 0. The molecule has 0 aliphatic heterocycles. The maximum Gasteiger partial charge on any atom is 0.319 e. The molecule has 0 spiro atoms. The average molecular weight is 474 g/mol. The van der Waals surface area contributed by atoms with Gasteiger partial charge in [-0.25, -0.2) is 0 Å². The Morgan fingerprint density at radius 3 is 0.630 bits per heavy atom. The van der Waals surface area contributed by atoms with Gasteiger partial charge in [-0.2, -0.15) is 0 Å². The summed E-state index contributed by atoms with van der Waals surface area (Å²) in [4.78, 5) is 45.3. The quantitative estimate of drug-likeness (QED) is 0.166. The van der Waals surface area contributed by atoms with Gasteiger partial charge in [0.05, 0.1) is 0 Å². The Hall–Kier alpha value is 1.02. The van der Waals surface area contributed by atoms with Gasteiger partial charge in [0.2, 0.25) is 0 Å². The van der Waals surface area contributed by atoms with E-state index in [0.29, 0.717) is 0 Å². The van der Waals surface area contributed by atoms with Gasteiger partial charge in [-0.05, 0) is 23.6 Å². The first-order valence-electron chi connectivity index (χ1n) is 9.39. The molecule has 172 valence electrons. The third-order valence-electron chi connectivity index (χ3n) is 2.91. The van der Waals surface area contributed by atoms with Crippen LogP contribution in [0.4, 0.5) is 0 Å². The molecule has 0 atom stereocenters. The van der Waals surface area contributed by atoms with Crippen LogP contribution in [-0.4, -0.2) is 29.4 Å². The van der Waals surface area contributed by atoms with Crippen LogP contribution in [0, 0.1) is 0 Å². The van der Waals surface area contributed by atoms with Gasteiger partial charge in [0, 0.05) is 0 Å². The van der Waals surface area contributed by atoms with E-state index in [0.717, 1.165) is 0 Å². The smallest absolute Gasteiger partial charge is 0.319 e. The molecule has 0 heterocycles. The summed E-state index contributed by atoms with van der Waals surface area (Å²) in [5.74, 6) is 0. The van der Waals surface area contributed by atoms with Gasteiger partial charge in [0.1, 0.15) is 0 Å². The van der Waals surface area contributed by atoms with Crippen molar-refractivity contribution in [1.29, 1.82) is 0 Å². The van der Waals surface area contributed by atoms with Crippen LogP contribution in [0.5, 0.6) is 0 Å². The summed E-state index contributed by atoms with van der Waals surface area (Å²) in [7, 11) is 0. The summed E-state index contributed by atoms with van der Waals surface area (Å²) in [6.45, 7) is 1.41. The fourth-order valence-corrected chi connectivity index (χ4v) is 1.71. The molecule has 7 nitrogen and oxygen atoms in total. The molecular weight excluding hydrogens is 428 g/mol. The molecule has 0 saturated carbocycles. The van der Waals surface area contributed by atoms with E-state index in [1.807, 2.05) is 0 Å². The lowest BCUT2D eigenvalue weighted by Crippen LogP contribution is -1.73. The monoisotopic (exact) mass is 473 g/mol. The highest BCUT2D eigenvalue weighted by molar-refractivity contribution is 8.06. The lowest BCUT2D eigenvalue weighted by atomic mass is 10.1. The summed E-state index contributed by atoms with van der Waals surface area (Å²) in [5, 5.41) is 0. The van der Waals surface area contributed by atoms with Crippen molar-refractivity contribution in [2.45, 2.75) is 105 Å². The Morgan fingerprint density at radius 2 is 0.556 bits per heavy atom. The molecule has 0 aromatic rings. The van der Waals surface area contributed by atoms with Crippen molar-refractivity contribution in [2.75, 3.05) is 0 Å².